The van der Waals surface area contributed by atoms with E-state index in [4.69, 9.17) is 10.5 Å². The van der Waals surface area contributed by atoms with Gasteiger partial charge in [-0.2, -0.15) is 0 Å². The summed E-state index contributed by atoms with van der Waals surface area (Å²) in [5, 5.41) is 3.09. The van der Waals surface area contributed by atoms with Gasteiger partial charge in [-0.15, -0.1) is 0 Å². The molecular weight excluding hydrogens is 312 g/mol. The predicted molar refractivity (Wildman–Crippen MR) is 99.9 cm³/mol. The molecule has 0 radical (unpaired) electrons. The first-order valence-electron chi connectivity index (χ1n) is 8.98. The van der Waals surface area contributed by atoms with Gasteiger partial charge in [-0.05, 0) is 36.9 Å². The van der Waals surface area contributed by atoms with Gasteiger partial charge in [0.1, 0.15) is 0 Å². The van der Waals surface area contributed by atoms with Crippen molar-refractivity contribution in [3.8, 4) is 0 Å². The van der Waals surface area contributed by atoms with Crippen LogP contribution in [0.2, 0.25) is 0 Å². The first-order valence-corrected chi connectivity index (χ1v) is 8.98. The number of rotatable bonds is 7. The van der Waals surface area contributed by atoms with E-state index in [1.807, 2.05) is 54.6 Å². The molecule has 0 saturated heterocycles. The lowest BCUT2D eigenvalue weighted by molar-refractivity contribution is -0.120. The summed E-state index contributed by atoms with van der Waals surface area (Å²) in [5.41, 5.74) is 8.78. The molecule has 2 atom stereocenters. The monoisotopic (exact) mass is 338 g/mol. The minimum absolute atomic E-state index is 0.0308. The maximum absolute atomic E-state index is 12.6. The first kappa shape index (κ1) is 17.6. The van der Waals surface area contributed by atoms with E-state index >= 15 is 0 Å². The molecule has 25 heavy (non-hydrogen) atoms. The van der Waals surface area contributed by atoms with E-state index < -0.39 is 0 Å². The van der Waals surface area contributed by atoms with Gasteiger partial charge >= 0.3 is 0 Å². The number of carbonyl (C=O) groups excluding carboxylic acids is 1. The van der Waals surface area contributed by atoms with Crippen LogP contribution in [0.15, 0.2) is 54.6 Å². The zero-order valence-electron chi connectivity index (χ0n) is 14.5. The Hall–Kier alpha value is -2.17. The molecule has 1 saturated carbocycles. The normalized spacial score (nSPS) is 19.7. The van der Waals surface area contributed by atoms with Gasteiger partial charge in [-0.1, -0.05) is 55.0 Å². The van der Waals surface area contributed by atoms with Crippen LogP contribution < -0.4 is 11.1 Å². The minimum Gasteiger partial charge on any atom is -0.372 e. The molecule has 4 nitrogen and oxygen atoms in total. The Morgan fingerprint density at radius 1 is 1.04 bits per heavy atom. The quantitative estimate of drug-likeness (QED) is 0.809. The Labute approximate surface area is 149 Å². The van der Waals surface area contributed by atoms with Gasteiger partial charge in [0.05, 0.1) is 13.2 Å². The molecule has 1 fully saturated rings. The van der Waals surface area contributed by atoms with Crippen molar-refractivity contribution < 1.29 is 9.53 Å². The molecule has 0 unspecified atom stereocenters. The molecular formula is C21H26N2O2. The standard InChI is InChI=1S/C21H26N2O2/c22-13-17-10-6-11-19(17)21(24)23-20-12-5-4-9-18(20)15-25-14-16-7-2-1-3-8-16/h1-5,7-9,12,17,19H,6,10-11,13-15,22H2,(H,23,24)/t17-,19-/m1/s1. The van der Waals surface area contributed by atoms with Gasteiger partial charge in [-0.3, -0.25) is 4.79 Å². The molecule has 1 aliphatic rings. The summed E-state index contributed by atoms with van der Waals surface area (Å²) in [6.07, 6.45) is 3.07. The zero-order chi connectivity index (χ0) is 17.5. The van der Waals surface area contributed by atoms with Crippen molar-refractivity contribution in [2.24, 2.45) is 17.6 Å². The SMILES string of the molecule is NC[C@H]1CCC[C@H]1C(=O)Nc1ccccc1COCc1ccccc1. The van der Waals surface area contributed by atoms with Gasteiger partial charge in [0, 0.05) is 17.2 Å². The summed E-state index contributed by atoms with van der Waals surface area (Å²) in [5.74, 6) is 0.424. The molecule has 0 bridgehead atoms. The summed E-state index contributed by atoms with van der Waals surface area (Å²) in [6.45, 7) is 1.61. The number of ether oxygens (including phenoxy) is 1. The van der Waals surface area contributed by atoms with E-state index in [1.165, 1.54) is 0 Å². The number of carbonyl (C=O) groups is 1. The van der Waals surface area contributed by atoms with Gasteiger partial charge in [0.2, 0.25) is 5.91 Å². The van der Waals surface area contributed by atoms with Gasteiger partial charge in [0.25, 0.3) is 0 Å². The molecule has 2 aromatic carbocycles. The number of nitrogens with one attached hydrogen (secondary N) is 1. The van der Waals surface area contributed by atoms with Crippen molar-refractivity contribution in [3.05, 3.63) is 65.7 Å². The van der Waals surface area contributed by atoms with Gasteiger partial charge in [0.15, 0.2) is 0 Å². The fourth-order valence-corrected chi connectivity index (χ4v) is 3.51. The van der Waals surface area contributed by atoms with Crippen LogP contribution in [0.4, 0.5) is 5.69 Å². The highest BCUT2D eigenvalue weighted by Crippen LogP contribution is 2.32. The van der Waals surface area contributed by atoms with Crippen LogP contribution in [0.5, 0.6) is 0 Å². The highest BCUT2D eigenvalue weighted by molar-refractivity contribution is 5.93. The Balaban J connectivity index is 1.59. The number of para-hydroxylation sites is 1. The maximum Gasteiger partial charge on any atom is 0.227 e. The van der Waals surface area contributed by atoms with Crippen molar-refractivity contribution in [2.45, 2.75) is 32.5 Å². The fourth-order valence-electron chi connectivity index (χ4n) is 3.51. The predicted octanol–water partition coefficient (Wildman–Crippen LogP) is 3.72. The summed E-state index contributed by atoms with van der Waals surface area (Å²) in [7, 11) is 0. The number of hydrogen-bond acceptors (Lipinski definition) is 3. The molecule has 2 aromatic rings. The molecule has 4 heteroatoms. The third kappa shape index (κ3) is 4.68. The lowest BCUT2D eigenvalue weighted by Crippen LogP contribution is -2.30. The summed E-state index contributed by atoms with van der Waals surface area (Å²) < 4.78 is 5.82. The average Bonchev–Trinajstić information content (AvgIpc) is 3.13. The number of benzene rings is 2. The van der Waals surface area contributed by atoms with E-state index in [1.54, 1.807) is 0 Å². The molecule has 3 rings (SSSR count). The lowest BCUT2D eigenvalue weighted by Gasteiger charge is -2.19. The topological polar surface area (TPSA) is 64.4 Å². The minimum atomic E-state index is 0.0308. The molecule has 1 amide bonds. The molecule has 0 aromatic heterocycles. The third-order valence-corrected chi connectivity index (χ3v) is 4.94. The van der Waals surface area contributed by atoms with Crippen LogP contribution >= 0.6 is 0 Å². The number of hydrogen-bond donors (Lipinski definition) is 2. The van der Waals surface area contributed by atoms with Crippen LogP contribution in [-0.4, -0.2) is 12.5 Å². The van der Waals surface area contributed by atoms with Crippen LogP contribution in [0, 0.1) is 11.8 Å². The second kappa shape index (κ2) is 8.79. The van der Waals surface area contributed by atoms with Crippen molar-refractivity contribution in [2.75, 3.05) is 11.9 Å². The Morgan fingerprint density at radius 3 is 2.60 bits per heavy atom. The summed E-state index contributed by atoms with van der Waals surface area (Å²) in [6, 6.07) is 17.9. The fraction of sp³-hybridized carbons (Fsp3) is 0.381. The second-order valence-electron chi connectivity index (χ2n) is 6.66. The largest absolute Gasteiger partial charge is 0.372 e. The molecule has 0 spiro atoms. The van der Waals surface area contributed by atoms with Crippen molar-refractivity contribution >= 4 is 11.6 Å². The molecule has 0 aliphatic heterocycles. The second-order valence-corrected chi connectivity index (χ2v) is 6.66. The van der Waals surface area contributed by atoms with E-state index in [-0.39, 0.29) is 11.8 Å². The highest BCUT2D eigenvalue weighted by Gasteiger charge is 2.32. The van der Waals surface area contributed by atoms with Crippen LogP contribution in [0.25, 0.3) is 0 Å². The van der Waals surface area contributed by atoms with E-state index in [2.05, 4.69) is 5.32 Å². The highest BCUT2D eigenvalue weighted by atomic mass is 16.5. The first-order chi connectivity index (χ1) is 12.3. The third-order valence-electron chi connectivity index (χ3n) is 4.94. The van der Waals surface area contributed by atoms with Gasteiger partial charge in [-0.25, -0.2) is 0 Å². The molecule has 3 N–H and O–H groups in total. The summed E-state index contributed by atoms with van der Waals surface area (Å²) >= 11 is 0. The number of amides is 1. The Morgan fingerprint density at radius 2 is 1.80 bits per heavy atom. The summed E-state index contributed by atoms with van der Waals surface area (Å²) in [4.78, 5) is 12.6. The van der Waals surface area contributed by atoms with Gasteiger partial charge < -0.3 is 15.8 Å². The van der Waals surface area contributed by atoms with E-state index in [0.29, 0.717) is 25.7 Å². The Kier molecular flexibility index (Phi) is 6.20. The number of anilines is 1. The number of nitrogens with two attached hydrogens (primary N) is 1. The van der Waals surface area contributed by atoms with Crippen molar-refractivity contribution in [3.63, 3.8) is 0 Å². The smallest absolute Gasteiger partial charge is 0.227 e. The van der Waals surface area contributed by atoms with Crippen LogP contribution in [-0.2, 0) is 22.7 Å². The molecule has 0 heterocycles. The molecule has 1 aliphatic carbocycles. The van der Waals surface area contributed by atoms with Crippen molar-refractivity contribution in [1.82, 2.24) is 0 Å². The van der Waals surface area contributed by atoms with Crippen LogP contribution in [0.1, 0.15) is 30.4 Å². The molecule has 132 valence electrons. The van der Waals surface area contributed by atoms with E-state index in [0.717, 1.165) is 36.1 Å². The average molecular weight is 338 g/mol. The van der Waals surface area contributed by atoms with Crippen molar-refractivity contribution in [1.29, 1.82) is 0 Å². The maximum atomic E-state index is 12.6. The lowest BCUT2D eigenvalue weighted by atomic mass is 9.95. The van der Waals surface area contributed by atoms with E-state index in [9.17, 15) is 4.79 Å². The Bertz CT molecular complexity index is 687. The zero-order valence-corrected chi connectivity index (χ0v) is 14.5. The van der Waals surface area contributed by atoms with Crippen LogP contribution in [0.3, 0.4) is 0 Å².